The van der Waals surface area contributed by atoms with Crippen LogP contribution in [0.2, 0.25) is 0 Å². The molecule has 0 saturated heterocycles. The molecule has 0 unspecified atom stereocenters. The third-order valence-corrected chi connectivity index (χ3v) is 13.5. The van der Waals surface area contributed by atoms with Gasteiger partial charge in [0.15, 0.2) is 0 Å². The van der Waals surface area contributed by atoms with Crippen LogP contribution in [-0.2, 0) is 16.2 Å². The maximum absolute atomic E-state index is 6.66. The lowest BCUT2D eigenvalue weighted by atomic mass is 9.76. The highest BCUT2D eigenvalue weighted by Crippen LogP contribution is 2.60. The SMILES string of the molecule is CC(C)(C)c1cccc2c1oc1ccc(N(c3ccc4c(c3)C3(CCCC3)c3ccccc3-4)c3ccc4c(c3)C3(CCCC3)c3ccccc3-4)cc12. The first-order valence-electron chi connectivity index (χ1n) is 19.6. The van der Waals surface area contributed by atoms with Crippen molar-refractivity contribution in [1.29, 1.82) is 0 Å². The van der Waals surface area contributed by atoms with Gasteiger partial charge in [-0.2, -0.15) is 0 Å². The van der Waals surface area contributed by atoms with Crippen LogP contribution < -0.4 is 4.90 Å². The standard InChI is InChI=1S/C50H45NO/c1-48(2,3)43-18-12-15-39-40-29-32(21-24-46(40)52-47(39)43)51(33-19-22-37-35-13-4-6-16-41(35)49(44(37)30-33)25-8-9-26-49)34-20-23-38-36-14-5-7-17-42(36)50(45(38)31-34)27-10-11-28-50/h4-7,12-24,29-31H,8-11,25-28H2,1-3H3. The quantitative estimate of drug-likeness (QED) is 0.185. The molecule has 1 aromatic heterocycles. The van der Waals surface area contributed by atoms with Crippen LogP contribution in [0.5, 0.6) is 0 Å². The van der Waals surface area contributed by atoms with E-state index in [1.54, 1.807) is 0 Å². The topological polar surface area (TPSA) is 16.4 Å². The van der Waals surface area contributed by atoms with Crippen molar-refractivity contribution in [2.24, 2.45) is 0 Å². The van der Waals surface area contributed by atoms with Gasteiger partial charge in [0, 0.05) is 44.2 Å². The van der Waals surface area contributed by atoms with Gasteiger partial charge in [-0.15, -0.1) is 0 Å². The minimum absolute atomic E-state index is 0.0152. The van der Waals surface area contributed by atoms with Crippen LogP contribution >= 0.6 is 0 Å². The van der Waals surface area contributed by atoms with E-state index in [1.165, 1.54) is 129 Å². The summed E-state index contributed by atoms with van der Waals surface area (Å²) in [5.74, 6) is 0. The highest BCUT2D eigenvalue weighted by atomic mass is 16.3. The van der Waals surface area contributed by atoms with E-state index in [4.69, 9.17) is 4.42 Å². The first kappa shape index (κ1) is 30.5. The number of anilines is 3. The molecule has 0 radical (unpaired) electrons. The van der Waals surface area contributed by atoms with Crippen molar-refractivity contribution < 1.29 is 4.42 Å². The van der Waals surface area contributed by atoms with Gasteiger partial charge in [-0.25, -0.2) is 0 Å². The summed E-state index contributed by atoms with van der Waals surface area (Å²) in [5.41, 5.74) is 18.8. The van der Waals surface area contributed by atoms with E-state index in [9.17, 15) is 0 Å². The predicted molar refractivity (Wildman–Crippen MR) is 216 cm³/mol. The van der Waals surface area contributed by atoms with Crippen molar-refractivity contribution in [1.82, 2.24) is 0 Å². The highest BCUT2D eigenvalue weighted by Gasteiger charge is 2.46. The summed E-state index contributed by atoms with van der Waals surface area (Å²) in [6, 6.07) is 46.7. The van der Waals surface area contributed by atoms with E-state index >= 15 is 0 Å². The van der Waals surface area contributed by atoms with Gasteiger partial charge in [0.25, 0.3) is 0 Å². The van der Waals surface area contributed by atoms with Gasteiger partial charge < -0.3 is 9.32 Å². The fourth-order valence-corrected chi connectivity index (χ4v) is 11.2. The fraction of sp³-hybridized carbons (Fsp3) is 0.280. The number of hydrogen-bond donors (Lipinski definition) is 0. The Morgan fingerprint density at radius 2 is 0.981 bits per heavy atom. The smallest absolute Gasteiger partial charge is 0.139 e. The lowest BCUT2D eigenvalue weighted by Gasteiger charge is -2.31. The number of nitrogens with zero attached hydrogens (tertiary/aromatic N) is 1. The Balaban J connectivity index is 1.14. The number of benzene rings is 6. The molecule has 2 saturated carbocycles. The number of para-hydroxylation sites is 1. The number of hydrogen-bond acceptors (Lipinski definition) is 2. The molecular formula is C50H45NO. The monoisotopic (exact) mass is 675 g/mol. The number of furan rings is 1. The summed E-state index contributed by atoms with van der Waals surface area (Å²) in [5, 5.41) is 2.36. The molecule has 2 heteroatoms. The van der Waals surface area contributed by atoms with Crippen LogP contribution in [0.15, 0.2) is 126 Å². The van der Waals surface area contributed by atoms with Crippen molar-refractivity contribution in [3.63, 3.8) is 0 Å². The lowest BCUT2D eigenvalue weighted by molar-refractivity contribution is 0.549. The lowest BCUT2D eigenvalue weighted by Crippen LogP contribution is -2.22. The largest absolute Gasteiger partial charge is 0.456 e. The first-order chi connectivity index (χ1) is 25.4. The Morgan fingerprint density at radius 1 is 0.481 bits per heavy atom. The summed E-state index contributed by atoms with van der Waals surface area (Å²) < 4.78 is 6.66. The summed E-state index contributed by atoms with van der Waals surface area (Å²) in [7, 11) is 0. The molecule has 0 amide bonds. The maximum Gasteiger partial charge on any atom is 0.139 e. The molecule has 2 nitrogen and oxygen atoms in total. The van der Waals surface area contributed by atoms with E-state index in [1.807, 2.05) is 0 Å². The summed E-state index contributed by atoms with van der Waals surface area (Å²) >= 11 is 0. The molecule has 11 rings (SSSR count). The Labute approximate surface area is 307 Å². The van der Waals surface area contributed by atoms with E-state index in [-0.39, 0.29) is 16.2 Å². The van der Waals surface area contributed by atoms with Crippen LogP contribution in [-0.4, -0.2) is 0 Å². The van der Waals surface area contributed by atoms with Gasteiger partial charge in [0.2, 0.25) is 0 Å². The Morgan fingerprint density at radius 3 is 1.54 bits per heavy atom. The molecule has 52 heavy (non-hydrogen) atoms. The van der Waals surface area contributed by atoms with E-state index in [0.29, 0.717) is 0 Å². The van der Waals surface area contributed by atoms with Crippen molar-refractivity contribution in [3.05, 3.63) is 149 Å². The molecule has 4 aliphatic carbocycles. The van der Waals surface area contributed by atoms with Crippen LogP contribution in [0.25, 0.3) is 44.2 Å². The van der Waals surface area contributed by atoms with Crippen molar-refractivity contribution in [2.45, 2.75) is 88.4 Å². The molecule has 7 aromatic rings. The average Bonchev–Trinajstić information content (AvgIpc) is 4.00. The van der Waals surface area contributed by atoms with Crippen molar-refractivity contribution in [2.75, 3.05) is 4.90 Å². The number of fused-ring (bicyclic) bond motifs is 13. The van der Waals surface area contributed by atoms with Gasteiger partial charge >= 0.3 is 0 Å². The second kappa shape index (κ2) is 10.7. The predicted octanol–water partition coefficient (Wildman–Crippen LogP) is 14.0. The molecule has 0 N–H and O–H groups in total. The van der Waals surface area contributed by atoms with Gasteiger partial charge in [-0.1, -0.05) is 125 Å². The second-order valence-electron chi connectivity index (χ2n) is 17.2. The average molecular weight is 676 g/mol. The number of rotatable bonds is 3. The van der Waals surface area contributed by atoms with E-state index in [0.717, 1.165) is 11.2 Å². The molecule has 2 spiro atoms. The molecule has 4 aliphatic rings. The van der Waals surface area contributed by atoms with Crippen molar-refractivity contribution in [3.8, 4) is 22.3 Å². The van der Waals surface area contributed by atoms with Gasteiger partial charge in [0.05, 0.1) is 0 Å². The molecule has 2 fully saturated rings. The zero-order valence-corrected chi connectivity index (χ0v) is 30.6. The molecule has 0 atom stereocenters. The molecule has 256 valence electrons. The van der Waals surface area contributed by atoms with E-state index in [2.05, 4.69) is 147 Å². The Hall–Kier alpha value is -5.08. The van der Waals surface area contributed by atoms with Gasteiger partial charge in [-0.05, 0) is 118 Å². The van der Waals surface area contributed by atoms with Crippen LogP contribution in [0.3, 0.4) is 0 Å². The van der Waals surface area contributed by atoms with Crippen LogP contribution in [0.1, 0.15) is 100.0 Å². The van der Waals surface area contributed by atoms with E-state index < -0.39 is 0 Å². The third-order valence-electron chi connectivity index (χ3n) is 13.5. The Kier molecular flexibility index (Phi) is 6.30. The minimum Gasteiger partial charge on any atom is -0.456 e. The molecular weight excluding hydrogens is 631 g/mol. The van der Waals surface area contributed by atoms with Crippen LogP contribution in [0, 0.1) is 0 Å². The fourth-order valence-electron chi connectivity index (χ4n) is 11.2. The molecule has 1 heterocycles. The highest BCUT2D eigenvalue weighted by molar-refractivity contribution is 6.08. The first-order valence-corrected chi connectivity index (χ1v) is 19.6. The molecule has 6 aromatic carbocycles. The second-order valence-corrected chi connectivity index (χ2v) is 17.2. The molecule has 0 aliphatic heterocycles. The van der Waals surface area contributed by atoms with Crippen molar-refractivity contribution >= 4 is 39.0 Å². The summed E-state index contributed by atoms with van der Waals surface area (Å²) in [6.45, 7) is 6.82. The summed E-state index contributed by atoms with van der Waals surface area (Å²) in [6.07, 6.45) is 10.1. The zero-order valence-electron chi connectivity index (χ0n) is 30.6. The third kappa shape index (κ3) is 4.07. The van der Waals surface area contributed by atoms with Gasteiger partial charge in [0.1, 0.15) is 11.2 Å². The molecule has 0 bridgehead atoms. The minimum atomic E-state index is -0.0152. The zero-order chi connectivity index (χ0) is 34.8. The summed E-state index contributed by atoms with van der Waals surface area (Å²) in [4.78, 5) is 2.55. The van der Waals surface area contributed by atoms with Gasteiger partial charge in [-0.3, -0.25) is 0 Å². The maximum atomic E-state index is 6.66. The van der Waals surface area contributed by atoms with Crippen LogP contribution in [0.4, 0.5) is 17.1 Å². The normalized spacial score (nSPS) is 17.6. The Bertz CT molecular complexity index is 2470.